The van der Waals surface area contributed by atoms with Gasteiger partial charge in [-0.15, -0.1) is 0 Å². The fourth-order valence-corrected chi connectivity index (χ4v) is 6.05. The number of halogens is 1. The van der Waals surface area contributed by atoms with Crippen molar-refractivity contribution in [2.75, 3.05) is 40.0 Å². The van der Waals surface area contributed by atoms with Crippen LogP contribution in [0.4, 0.5) is 4.39 Å². The van der Waals surface area contributed by atoms with Gasteiger partial charge in [-0.25, -0.2) is 9.18 Å². The van der Waals surface area contributed by atoms with E-state index >= 15 is 0 Å². The molecule has 2 aliphatic rings. The number of hydrogen-bond donors (Lipinski definition) is 0. The lowest BCUT2D eigenvalue weighted by molar-refractivity contribution is 0.0600. The molecule has 0 amide bonds. The predicted octanol–water partition coefficient (Wildman–Crippen LogP) is 6.28. The number of alkyl halides is 1. The van der Waals surface area contributed by atoms with Crippen LogP contribution in [-0.4, -0.2) is 61.1 Å². The molecule has 0 spiro atoms. The highest BCUT2D eigenvalue weighted by Crippen LogP contribution is 2.37. The molecule has 3 heterocycles. The summed E-state index contributed by atoms with van der Waals surface area (Å²) >= 11 is 0. The molecule has 2 aliphatic heterocycles. The third-order valence-corrected chi connectivity index (χ3v) is 7.85. The summed E-state index contributed by atoms with van der Waals surface area (Å²) in [5, 5.41) is 1.28. The van der Waals surface area contributed by atoms with E-state index in [1.807, 2.05) is 24.3 Å². The summed E-state index contributed by atoms with van der Waals surface area (Å²) in [5.74, 6) is 0.235. The van der Waals surface area contributed by atoms with Crippen LogP contribution in [0.25, 0.3) is 16.5 Å². The SMILES string of the molecule is COC(=O)c1ccc(Cc2c(C3=CCOCC3)n(CC3CCN(CC(C)(C)F)CC3)c3ccccc23)cc1. The summed E-state index contributed by atoms with van der Waals surface area (Å²) in [7, 11) is 1.41. The molecule has 0 aliphatic carbocycles. The first-order chi connectivity index (χ1) is 18.3. The Morgan fingerprint density at radius 1 is 1.11 bits per heavy atom. The van der Waals surface area contributed by atoms with Gasteiger partial charge >= 0.3 is 5.97 Å². The Hall–Kier alpha value is -2.96. The van der Waals surface area contributed by atoms with Crippen molar-refractivity contribution in [3.63, 3.8) is 0 Å². The van der Waals surface area contributed by atoms with Crippen LogP contribution in [0, 0.1) is 5.92 Å². The van der Waals surface area contributed by atoms with Crippen LogP contribution in [0.3, 0.4) is 0 Å². The lowest BCUT2D eigenvalue weighted by Gasteiger charge is -2.35. The van der Waals surface area contributed by atoms with E-state index in [4.69, 9.17) is 9.47 Å². The predicted molar refractivity (Wildman–Crippen MR) is 150 cm³/mol. The topological polar surface area (TPSA) is 43.7 Å². The van der Waals surface area contributed by atoms with Crippen molar-refractivity contribution in [3.8, 4) is 0 Å². The van der Waals surface area contributed by atoms with Gasteiger partial charge in [0.15, 0.2) is 0 Å². The Labute approximate surface area is 225 Å². The minimum atomic E-state index is -1.16. The molecular formula is C32H39FN2O3. The molecule has 0 N–H and O–H groups in total. The van der Waals surface area contributed by atoms with Gasteiger partial charge in [0.05, 0.1) is 25.9 Å². The summed E-state index contributed by atoms with van der Waals surface area (Å²) in [4.78, 5) is 14.2. The molecule has 2 aromatic carbocycles. The zero-order valence-electron chi connectivity index (χ0n) is 22.8. The van der Waals surface area contributed by atoms with Crippen LogP contribution < -0.4 is 0 Å². The zero-order valence-corrected chi connectivity index (χ0v) is 22.8. The van der Waals surface area contributed by atoms with Gasteiger partial charge in [-0.2, -0.15) is 0 Å². The van der Waals surface area contributed by atoms with Crippen LogP contribution in [0.15, 0.2) is 54.6 Å². The number of aromatic nitrogens is 1. The molecule has 1 fully saturated rings. The number of ether oxygens (including phenoxy) is 2. The fourth-order valence-electron chi connectivity index (χ4n) is 6.05. The molecule has 0 unspecified atom stereocenters. The monoisotopic (exact) mass is 518 g/mol. The fraction of sp³-hybridized carbons (Fsp3) is 0.469. The number of esters is 1. The number of piperidine rings is 1. The Morgan fingerprint density at radius 3 is 2.50 bits per heavy atom. The number of hydrogen-bond acceptors (Lipinski definition) is 4. The first-order valence-corrected chi connectivity index (χ1v) is 13.8. The maximum Gasteiger partial charge on any atom is 0.337 e. The van der Waals surface area contributed by atoms with Gasteiger partial charge in [0.25, 0.3) is 0 Å². The molecule has 6 heteroatoms. The maximum atomic E-state index is 14.2. The third-order valence-electron chi connectivity index (χ3n) is 7.85. The Morgan fingerprint density at radius 2 is 1.84 bits per heavy atom. The Balaban J connectivity index is 1.48. The summed E-state index contributed by atoms with van der Waals surface area (Å²) in [6, 6.07) is 16.5. The molecule has 38 heavy (non-hydrogen) atoms. The van der Waals surface area contributed by atoms with Crippen molar-refractivity contribution in [1.82, 2.24) is 9.47 Å². The summed E-state index contributed by atoms with van der Waals surface area (Å²) in [6.07, 6.45) is 6.08. The third kappa shape index (κ3) is 6.02. The maximum absolute atomic E-state index is 14.2. The van der Waals surface area contributed by atoms with Crippen molar-refractivity contribution in [3.05, 3.63) is 77.0 Å². The molecule has 1 saturated heterocycles. The Kier molecular flexibility index (Phi) is 8.01. The van der Waals surface area contributed by atoms with E-state index in [1.54, 1.807) is 13.8 Å². The second kappa shape index (κ2) is 11.4. The second-order valence-electron chi connectivity index (χ2n) is 11.3. The summed E-state index contributed by atoms with van der Waals surface area (Å²) < 4.78 is 27.3. The van der Waals surface area contributed by atoms with Crippen molar-refractivity contribution in [2.24, 2.45) is 5.92 Å². The first kappa shape index (κ1) is 26.6. The van der Waals surface area contributed by atoms with Crippen LogP contribution in [0.2, 0.25) is 0 Å². The van der Waals surface area contributed by atoms with Gasteiger partial charge in [-0.1, -0.05) is 36.4 Å². The molecule has 5 rings (SSSR count). The van der Waals surface area contributed by atoms with Crippen molar-refractivity contribution >= 4 is 22.4 Å². The molecular weight excluding hydrogens is 479 g/mol. The van der Waals surface area contributed by atoms with E-state index in [1.165, 1.54) is 34.8 Å². The highest BCUT2D eigenvalue weighted by atomic mass is 19.1. The van der Waals surface area contributed by atoms with Crippen LogP contribution >= 0.6 is 0 Å². The van der Waals surface area contributed by atoms with Gasteiger partial charge in [0.2, 0.25) is 0 Å². The number of carbonyl (C=O) groups is 1. The van der Waals surface area contributed by atoms with E-state index < -0.39 is 5.67 Å². The highest BCUT2D eigenvalue weighted by molar-refractivity contribution is 5.91. The van der Waals surface area contributed by atoms with Gasteiger partial charge in [-0.3, -0.25) is 0 Å². The van der Waals surface area contributed by atoms with Crippen molar-refractivity contribution in [2.45, 2.75) is 51.7 Å². The second-order valence-corrected chi connectivity index (χ2v) is 11.3. The number of fused-ring (bicyclic) bond motifs is 1. The average Bonchev–Trinajstić information content (AvgIpc) is 3.22. The average molecular weight is 519 g/mol. The van der Waals surface area contributed by atoms with E-state index in [0.717, 1.165) is 57.5 Å². The smallest absolute Gasteiger partial charge is 0.337 e. The quantitative estimate of drug-likeness (QED) is 0.329. The van der Waals surface area contributed by atoms with Gasteiger partial charge in [-0.05, 0) is 87.0 Å². The molecule has 0 saturated carbocycles. The highest BCUT2D eigenvalue weighted by Gasteiger charge is 2.28. The Bertz CT molecular complexity index is 1290. The van der Waals surface area contributed by atoms with Crippen LogP contribution in [0.5, 0.6) is 0 Å². The molecule has 0 bridgehead atoms. The molecule has 202 valence electrons. The molecule has 5 nitrogen and oxygen atoms in total. The van der Waals surface area contributed by atoms with E-state index in [0.29, 0.717) is 24.6 Å². The minimum absolute atomic E-state index is 0.317. The number of methoxy groups -OCH3 is 1. The molecule has 3 aromatic rings. The number of rotatable bonds is 8. The largest absolute Gasteiger partial charge is 0.465 e. The van der Waals surface area contributed by atoms with E-state index in [2.05, 4.69) is 39.8 Å². The van der Waals surface area contributed by atoms with Gasteiger partial charge < -0.3 is 18.9 Å². The zero-order chi connectivity index (χ0) is 26.7. The lowest BCUT2D eigenvalue weighted by atomic mass is 9.94. The van der Waals surface area contributed by atoms with E-state index in [9.17, 15) is 9.18 Å². The lowest BCUT2D eigenvalue weighted by Crippen LogP contribution is -2.41. The molecule has 0 atom stereocenters. The number of nitrogens with zero attached hydrogens (tertiary/aromatic N) is 2. The van der Waals surface area contributed by atoms with Gasteiger partial charge in [0.1, 0.15) is 5.67 Å². The standard InChI is InChI=1S/C32H39FN2O3/c1-32(2,33)22-34-16-12-24(13-17-34)21-35-29-7-5-4-6-27(29)28(30(35)25-14-18-38-19-15-25)20-23-8-10-26(11-9-23)31(36)37-3/h4-11,14,24H,12-13,15-22H2,1-3H3. The normalized spacial score (nSPS) is 17.5. The molecule has 1 aromatic heterocycles. The number of benzene rings is 2. The van der Waals surface area contributed by atoms with E-state index in [-0.39, 0.29) is 5.97 Å². The number of carbonyl (C=O) groups excluding carboxylic acids is 1. The van der Waals surface area contributed by atoms with Crippen molar-refractivity contribution in [1.29, 1.82) is 0 Å². The summed E-state index contributed by atoms with van der Waals surface area (Å²) in [5.41, 5.74) is 5.84. The van der Waals surface area contributed by atoms with Gasteiger partial charge in [0, 0.05) is 36.1 Å². The van der Waals surface area contributed by atoms with Crippen LogP contribution in [-0.2, 0) is 22.4 Å². The van der Waals surface area contributed by atoms with Crippen molar-refractivity contribution < 1.29 is 18.7 Å². The van der Waals surface area contributed by atoms with Crippen LogP contribution in [0.1, 0.15) is 60.3 Å². The first-order valence-electron chi connectivity index (χ1n) is 13.8. The summed E-state index contributed by atoms with van der Waals surface area (Å²) in [6.45, 7) is 8.07. The number of likely N-dealkylation sites (tertiary alicyclic amines) is 1. The number of para-hydroxylation sites is 1. The minimum Gasteiger partial charge on any atom is -0.465 e. The molecule has 0 radical (unpaired) electrons.